The van der Waals surface area contributed by atoms with Gasteiger partial charge in [0.2, 0.25) is 11.8 Å². The predicted octanol–water partition coefficient (Wildman–Crippen LogP) is 0.881. The number of benzene rings is 1. The van der Waals surface area contributed by atoms with Crippen LogP contribution in [0.2, 0.25) is 0 Å². The van der Waals surface area contributed by atoms with Gasteiger partial charge >= 0.3 is 0 Å². The van der Waals surface area contributed by atoms with Crippen molar-refractivity contribution in [3.63, 3.8) is 0 Å². The smallest absolute Gasteiger partial charge is 0.234 e. The number of amides is 2. The van der Waals surface area contributed by atoms with Gasteiger partial charge in [-0.05, 0) is 31.2 Å². The number of carbonyl (C=O) groups is 2. The highest BCUT2D eigenvalue weighted by Crippen LogP contribution is 2.30. The van der Waals surface area contributed by atoms with Crippen molar-refractivity contribution in [1.82, 2.24) is 5.32 Å². The number of phenols is 1. The minimum atomic E-state index is -0.691. The van der Waals surface area contributed by atoms with Crippen molar-refractivity contribution in [2.24, 2.45) is 5.41 Å². The molecule has 1 heterocycles. The molecule has 1 saturated heterocycles. The van der Waals surface area contributed by atoms with Gasteiger partial charge in [0.1, 0.15) is 5.75 Å². The molecule has 0 spiro atoms. The monoisotopic (exact) mass is 248 g/mol. The number of carbonyl (C=O) groups excluding carboxylic acids is 2. The Morgan fingerprint density at radius 2 is 2.00 bits per heavy atom. The lowest BCUT2D eigenvalue weighted by Crippen LogP contribution is -2.41. The van der Waals surface area contributed by atoms with Crippen LogP contribution in [0.25, 0.3) is 0 Å². The number of nitrogens with one attached hydrogen (secondary N) is 1. The second-order valence-corrected chi connectivity index (χ2v) is 4.89. The summed E-state index contributed by atoms with van der Waals surface area (Å²) in [6.45, 7) is 2.15. The molecule has 1 aliphatic rings. The van der Waals surface area contributed by atoms with Gasteiger partial charge in [0, 0.05) is 25.7 Å². The zero-order valence-corrected chi connectivity index (χ0v) is 10.4. The third kappa shape index (κ3) is 2.16. The summed E-state index contributed by atoms with van der Waals surface area (Å²) < 4.78 is 0. The van der Waals surface area contributed by atoms with Gasteiger partial charge in [0.25, 0.3) is 0 Å². The van der Waals surface area contributed by atoms with Crippen LogP contribution >= 0.6 is 0 Å². The lowest BCUT2D eigenvalue weighted by atomic mass is 9.88. The van der Waals surface area contributed by atoms with Crippen molar-refractivity contribution < 1.29 is 14.7 Å². The van der Waals surface area contributed by atoms with Crippen molar-refractivity contribution in [2.75, 3.05) is 18.5 Å². The fraction of sp³-hybridized carbons (Fsp3) is 0.385. The highest BCUT2D eigenvalue weighted by Gasteiger charge is 2.42. The average molecular weight is 248 g/mol. The molecule has 1 aromatic rings. The molecule has 0 bridgehead atoms. The van der Waals surface area contributed by atoms with E-state index in [0.717, 1.165) is 0 Å². The van der Waals surface area contributed by atoms with Crippen LogP contribution in [0.3, 0.4) is 0 Å². The molecule has 0 aliphatic carbocycles. The zero-order valence-electron chi connectivity index (χ0n) is 10.4. The van der Waals surface area contributed by atoms with Gasteiger partial charge in [0.15, 0.2) is 0 Å². The van der Waals surface area contributed by atoms with E-state index in [9.17, 15) is 14.7 Å². The highest BCUT2D eigenvalue weighted by atomic mass is 16.3. The van der Waals surface area contributed by atoms with Gasteiger partial charge in [-0.1, -0.05) is 0 Å². The van der Waals surface area contributed by atoms with Crippen molar-refractivity contribution in [3.8, 4) is 5.75 Å². The van der Waals surface area contributed by atoms with E-state index in [0.29, 0.717) is 12.2 Å². The molecule has 2 rings (SSSR count). The molecule has 96 valence electrons. The third-order valence-electron chi connectivity index (χ3n) is 3.28. The molecular weight excluding hydrogens is 232 g/mol. The number of hydrogen-bond acceptors (Lipinski definition) is 3. The van der Waals surface area contributed by atoms with E-state index in [1.807, 2.05) is 0 Å². The first kappa shape index (κ1) is 12.4. The zero-order chi connectivity index (χ0) is 13.3. The first-order valence-corrected chi connectivity index (χ1v) is 5.76. The van der Waals surface area contributed by atoms with Crippen LogP contribution < -0.4 is 10.2 Å². The van der Waals surface area contributed by atoms with E-state index < -0.39 is 5.41 Å². The van der Waals surface area contributed by atoms with Crippen LogP contribution in [0.4, 0.5) is 5.69 Å². The van der Waals surface area contributed by atoms with Gasteiger partial charge in [-0.15, -0.1) is 0 Å². The molecular formula is C13H16N2O3. The van der Waals surface area contributed by atoms with Gasteiger partial charge in [-0.3, -0.25) is 9.59 Å². The topological polar surface area (TPSA) is 69.6 Å². The second-order valence-electron chi connectivity index (χ2n) is 4.89. The fourth-order valence-corrected chi connectivity index (χ4v) is 2.12. The first-order chi connectivity index (χ1) is 8.42. The van der Waals surface area contributed by atoms with Crippen LogP contribution in [-0.2, 0) is 9.59 Å². The molecule has 2 amide bonds. The predicted molar refractivity (Wildman–Crippen MR) is 67.3 cm³/mol. The molecule has 0 aromatic heterocycles. The summed E-state index contributed by atoms with van der Waals surface area (Å²) in [7, 11) is 1.67. The molecule has 1 aromatic carbocycles. The summed E-state index contributed by atoms with van der Waals surface area (Å²) >= 11 is 0. The molecule has 1 fully saturated rings. The average Bonchev–Trinajstić information content (AvgIpc) is 2.70. The molecule has 0 saturated carbocycles. The van der Waals surface area contributed by atoms with Gasteiger partial charge < -0.3 is 15.3 Å². The number of phenolic OH excluding ortho intramolecular Hbond substituents is 1. The fourth-order valence-electron chi connectivity index (χ4n) is 2.12. The van der Waals surface area contributed by atoms with Crippen LogP contribution in [0, 0.1) is 5.41 Å². The molecule has 0 radical (unpaired) electrons. The maximum absolute atomic E-state index is 12.4. The Kier molecular flexibility index (Phi) is 2.98. The molecule has 1 aliphatic heterocycles. The molecule has 1 atom stereocenters. The van der Waals surface area contributed by atoms with Crippen molar-refractivity contribution in [2.45, 2.75) is 13.3 Å². The van der Waals surface area contributed by atoms with Crippen molar-refractivity contribution >= 4 is 17.5 Å². The summed E-state index contributed by atoms with van der Waals surface area (Å²) in [6, 6.07) is 6.39. The number of hydrogen-bond donors (Lipinski definition) is 2. The third-order valence-corrected chi connectivity index (χ3v) is 3.28. The molecule has 18 heavy (non-hydrogen) atoms. The Hall–Kier alpha value is -2.04. The lowest BCUT2D eigenvalue weighted by molar-refractivity contribution is -0.128. The number of rotatable bonds is 2. The summed E-state index contributed by atoms with van der Waals surface area (Å²) in [5.74, 6) is -0.0417. The Morgan fingerprint density at radius 3 is 2.50 bits per heavy atom. The number of aromatic hydroxyl groups is 1. The minimum absolute atomic E-state index is 0.0926. The highest BCUT2D eigenvalue weighted by molar-refractivity contribution is 6.01. The van der Waals surface area contributed by atoms with E-state index >= 15 is 0 Å². The Balaban J connectivity index is 2.18. The molecule has 1 unspecified atom stereocenters. The van der Waals surface area contributed by atoms with Crippen molar-refractivity contribution in [1.29, 1.82) is 0 Å². The van der Waals surface area contributed by atoms with Gasteiger partial charge in [-0.2, -0.15) is 0 Å². The Morgan fingerprint density at radius 1 is 1.39 bits per heavy atom. The molecule has 2 N–H and O–H groups in total. The van der Waals surface area contributed by atoms with E-state index in [1.165, 1.54) is 17.0 Å². The SMILES string of the molecule is CN(C(=O)C1(C)CNC(=O)C1)c1ccc(O)cc1. The van der Waals surface area contributed by atoms with Crippen LogP contribution in [-0.4, -0.2) is 30.5 Å². The maximum atomic E-state index is 12.4. The van der Waals surface area contributed by atoms with Crippen LogP contribution in [0.5, 0.6) is 5.75 Å². The van der Waals surface area contributed by atoms with Crippen molar-refractivity contribution in [3.05, 3.63) is 24.3 Å². The van der Waals surface area contributed by atoms with E-state index in [1.54, 1.807) is 26.1 Å². The Labute approximate surface area is 105 Å². The van der Waals surface area contributed by atoms with E-state index in [2.05, 4.69) is 5.32 Å². The lowest BCUT2D eigenvalue weighted by Gasteiger charge is -2.27. The Bertz CT molecular complexity index is 484. The summed E-state index contributed by atoms with van der Waals surface area (Å²) in [4.78, 5) is 25.1. The second kappa shape index (κ2) is 4.33. The molecule has 5 nitrogen and oxygen atoms in total. The molecule has 5 heteroatoms. The summed E-state index contributed by atoms with van der Waals surface area (Å²) in [5, 5.41) is 11.9. The summed E-state index contributed by atoms with van der Waals surface area (Å²) in [6.07, 6.45) is 0.217. The normalized spacial score (nSPS) is 22.7. The van der Waals surface area contributed by atoms with Gasteiger partial charge in [-0.25, -0.2) is 0 Å². The van der Waals surface area contributed by atoms with E-state index in [-0.39, 0.29) is 24.0 Å². The minimum Gasteiger partial charge on any atom is -0.508 e. The standard InChI is InChI=1S/C13H16N2O3/c1-13(7-11(17)14-8-13)12(18)15(2)9-3-5-10(16)6-4-9/h3-6,16H,7-8H2,1-2H3,(H,14,17). The van der Waals surface area contributed by atoms with Gasteiger partial charge in [0.05, 0.1) is 5.41 Å². The maximum Gasteiger partial charge on any atom is 0.234 e. The quantitative estimate of drug-likeness (QED) is 0.816. The largest absolute Gasteiger partial charge is 0.508 e. The number of nitrogens with zero attached hydrogens (tertiary/aromatic N) is 1. The first-order valence-electron chi connectivity index (χ1n) is 5.76. The van der Waals surface area contributed by atoms with E-state index in [4.69, 9.17) is 0 Å². The number of anilines is 1. The summed E-state index contributed by atoms with van der Waals surface area (Å²) in [5.41, 5.74) is 0.00218. The van der Waals surface area contributed by atoms with Crippen LogP contribution in [0.1, 0.15) is 13.3 Å². The van der Waals surface area contributed by atoms with Crippen LogP contribution in [0.15, 0.2) is 24.3 Å².